The maximum atomic E-state index is 11.6. The first-order chi connectivity index (χ1) is 10.7. The van der Waals surface area contributed by atoms with Crippen LogP contribution in [0.1, 0.15) is 5.56 Å². The summed E-state index contributed by atoms with van der Waals surface area (Å²) in [4.78, 5) is 15.8. The maximum absolute atomic E-state index is 11.6. The molecule has 0 fully saturated rings. The SMILES string of the molecule is COc1cc(/C=N/NC(=O)CSc2ccccn2)ccc1O. The molecule has 0 radical (unpaired) electrons. The van der Waals surface area contributed by atoms with E-state index < -0.39 is 0 Å². The van der Waals surface area contributed by atoms with Crippen LogP contribution in [0.5, 0.6) is 11.5 Å². The molecule has 1 aromatic heterocycles. The number of carbonyl (C=O) groups excluding carboxylic acids is 1. The van der Waals surface area contributed by atoms with Gasteiger partial charge in [0.05, 0.1) is 24.1 Å². The molecular formula is C15H15N3O3S. The fraction of sp³-hybridized carbons (Fsp3) is 0.133. The minimum absolute atomic E-state index is 0.0513. The van der Waals surface area contributed by atoms with E-state index >= 15 is 0 Å². The molecule has 1 heterocycles. The van der Waals surface area contributed by atoms with Gasteiger partial charge in [0.15, 0.2) is 11.5 Å². The number of carbonyl (C=O) groups is 1. The number of pyridine rings is 1. The number of methoxy groups -OCH3 is 1. The summed E-state index contributed by atoms with van der Waals surface area (Å²) >= 11 is 1.33. The van der Waals surface area contributed by atoms with Gasteiger partial charge in [-0.15, -0.1) is 0 Å². The average molecular weight is 317 g/mol. The number of nitrogens with one attached hydrogen (secondary N) is 1. The second-order valence-electron chi connectivity index (χ2n) is 4.18. The molecule has 1 amide bonds. The standard InChI is InChI=1S/C15H15N3O3S/c1-21-13-8-11(5-6-12(13)19)9-17-18-14(20)10-22-15-4-2-3-7-16-15/h2-9,19H,10H2,1H3,(H,18,20)/b17-9+. The zero-order valence-electron chi connectivity index (χ0n) is 11.9. The molecule has 0 spiro atoms. The van der Waals surface area contributed by atoms with Gasteiger partial charge in [-0.3, -0.25) is 4.79 Å². The highest BCUT2D eigenvalue weighted by Crippen LogP contribution is 2.25. The van der Waals surface area contributed by atoms with Gasteiger partial charge in [0.25, 0.3) is 0 Å². The van der Waals surface area contributed by atoms with E-state index in [1.807, 2.05) is 18.2 Å². The molecule has 114 valence electrons. The lowest BCUT2D eigenvalue weighted by molar-refractivity contribution is -0.118. The van der Waals surface area contributed by atoms with E-state index in [1.165, 1.54) is 31.2 Å². The summed E-state index contributed by atoms with van der Waals surface area (Å²) in [5.41, 5.74) is 3.13. The number of ether oxygens (including phenoxy) is 1. The Morgan fingerprint density at radius 3 is 3.05 bits per heavy atom. The van der Waals surface area contributed by atoms with Gasteiger partial charge in [-0.25, -0.2) is 10.4 Å². The minimum atomic E-state index is -0.224. The number of aromatic nitrogens is 1. The van der Waals surface area contributed by atoms with Crippen molar-refractivity contribution in [2.24, 2.45) is 5.10 Å². The third-order valence-electron chi connectivity index (χ3n) is 2.60. The Morgan fingerprint density at radius 2 is 2.32 bits per heavy atom. The summed E-state index contributed by atoms with van der Waals surface area (Å²) in [5.74, 6) is 0.404. The number of benzene rings is 1. The van der Waals surface area contributed by atoms with E-state index in [0.717, 1.165) is 5.03 Å². The number of hydrogen-bond acceptors (Lipinski definition) is 6. The number of hydrogen-bond donors (Lipinski definition) is 2. The first-order valence-electron chi connectivity index (χ1n) is 6.42. The second kappa shape index (κ2) is 8.04. The van der Waals surface area contributed by atoms with Crippen molar-refractivity contribution in [3.8, 4) is 11.5 Å². The normalized spacial score (nSPS) is 10.6. The molecule has 22 heavy (non-hydrogen) atoms. The molecular weight excluding hydrogens is 302 g/mol. The van der Waals surface area contributed by atoms with Gasteiger partial charge in [0, 0.05) is 6.20 Å². The van der Waals surface area contributed by atoms with Crippen molar-refractivity contribution in [1.29, 1.82) is 0 Å². The monoisotopic (exact) mass is 317 g/mol. The molecule has 0 saturated carbocycles. The smallest absolute Gasteiger partial charge is 0.250 e. The maximum Gasteiger partial charge on any atom is 0.250 e. The predicted molar refractivity (Wildman–Crippen MR) is 85.4 cm³/mol. The number of thioether (sulfide) groups is 1. The number of aromatic hydroxyl groups is 1. The van der Waals surface area contributed by atoms with E-state index in [-0.39, 0.29) is 17.4 Å². The second-order valence-corrected chi connectivity index (χ2v) is 5.18. The van der Waals surface area contributed by atoms with Crippen LogP contribution in [0.25, 0.3) is 0 Å². The fourth-order valence-electron chi connectivity index (χ4n) is 1.56. The van der Waals surface area contributed by atoms with Crippen LogP contribution in [0.15, 0.2) is 52.7 Å². The summed E-state index contributed by atoms with van der Waals surface area (Å²) in [5, 5.41) is 14.1. The van der Waals surface area contributed by atoms with Crippen molar-refractivity contribution in [1.82, 2.24) is 10.4 Å². The average Bonchev–Trinajstić information content (AvgIpc) is 2.55. The van der Waals surface area contributed by atoms with Crippen molar-refractivity contribution in [2.45, 2.75) is 5.03 Å². The number of hydrazone groups is 1. The first-order valence-corrected chi connectivity index (χ1v) is 7.40. The highest BCUT2D eigenvalue weighted by Gasteiger charge is 2.03. The Labute approximate surface area is 132 Å². The van der Waals surface area contributed by atoms with Crippen molar-refractivity contribution in [3.05, 3.63) is 48.2 Å². The van der Waals surface area contributed by atoms with Crippen molar-refractivity contribution in [3.63, 3.8) is 0 Å². The number of phenolic OH excluding ortho intramolecular Hbond substituents is 1. The Morgan fingerprint density at radius 1 is 1.45 bits per heavy atom. The lowest BCUT2D eigenvalue weighted by Gasteiger charge is -2.03. The zero-order valence-corrected chi connectivity index (χ0v) is 12.7. The topological polar surface area (TPSA) is 83.8 Å². The highest BCUT2D eigenvalue weighted by atomic mass is 32.2. The van der Waals surface area contributed by atoms with Gasteiger partial charge in [-0.2, -0.15) is 5.10 Å². The lowest BCUT2D eigenvalue weighted by atomic mass is 10.2. The molecule has 0 unspecified atom stereocenters. The van der Waals surface area contributed by atoms with Crippen LogP contribution >= 0.6 is 11.8 Å². The molecule has 0 aliphatic rings. The Balaban J connectivity index is 1.83. The highest BCUT2D eigenvalue weighted by molar-refractivity contribution is 7.99. The molecule has 0 bridgehead atoms. The van der Waals surface area contributed by atoms with Gasteiger partial charge in [0.2, 0.25) is 5.91 Å². The number of phenols is 1. The summed E-state index contributed by atoms with van der Waals surface area (Å²) in [6.45, 7) is 0. The summed E-state index contributed by atoms with van der Waals surface area (Å²) in [6, 6.07) is 10.3. The van der Waals surface area contributed by atoms with Crippen LogP contribution < -0.4 is 10.2 Å². The van der Waals surface area contributed by atoms with E-state index in [9.17, 15) is 9.90 Å². The van der Waals surface area contributed by atoms with Gasteiger partial charge in [0.1, 0.15) is 0 Å². The van der Waals surface area contributed by atoms with E-state index in [0.29, 0.717) is 11.3 Å². The number of nitrogens with zero attached hydrogens (tertiary/aromatic N) is 2. The molecule has 0 saturated heterocycles. The first kappa shape index (κ1) is 15.8. The van der Waals surface area contributed by atoms with E-state index in [2.05, 4.69) is 15.5 Å². The molecule has 2 N–H and O–H groups in total. The molecule has 7 heteroatoms. The van der Waals surface area contributed by atoms with Crippen molar-refractivity contribution >= 4 is 23.9 Å². The van der Waals surface area contributed by atoms with Crippen molar-refractivity contribution < 1.29 is 14.6 Å². The fourth-order valence-corrected chi connectivity index (χ4v) is 2.21. The molecule has 0 aliphatic carbocycles. The van der Waals surface area contributed by atoms with Crippen molar-refractivity contribution in [2.75, 3.05) is 12.9 Å². The van der Waals surface area contributed by atoms with Crippen LogP contribution in [0, 0.1) is 0 Å². The summed E-state index contributed by atoms with van der Waals surface area (Å²) in [6.07, 6.45) is 3.15. The van der Waals surface area contributed by atoms with Crippen LogP contribution in [-0.2, 0) is 4.79 Å². The Kier molecular flexibility index (Phi) is 5.79. The molecule has 6 nitrogen and oxygen atoms in total. The Bertz CT molecular complexity index is 662. The van der Waals surface area contributed by atoms with Gasteiger partial charge in [-0.1, -0.05) is 17.8 Å². The van der Waals surface area contributed by atoms with Crippen LogP contribution in [0.4, 0.5) is 0 Å². The van der Waals surface area contributed by atoms with Crippen LogP contribution in [-0.4, -0.2) is 35.1 Å². The summed E-state index contributed by atoms with van der Waals surface area (Å²) < 4.78 is 4.99. The lowest BCUT2D eigenvalue weighted by Crippen LogP contribution is -2.19. The quantitative estimate of drug-likeness (QED) is 0.484. The zero-order chi connectivity index (χ0) is 15.8. The molecule has 0 aliphatic heterocycles. The van der Waals surface area contributed by atoms with E-state index in [1.54, 1.807) is 18.3 Å². The number of amides is 1. The summed E-state index contributed by atoms with van der Waals surface area (Å²) in [7, 11) is 1.46. The molecule has 1 aromatic carbocycles. The number of rotatable bonds is 6. The van der Waals surface area contributed by atoms with Crippen LogP contribution in [0.3, 0.4) is 0 Å². The predicted octanol–water partition coefficient (Wildman–Crippen LogP) is 2.04. The largest absolute Gasteiger partial charge is 0.504 e. The Hall–Kier alpha value is -2.54. The molecule has 0 atom stereocenters. The van der Waals surface area contributed by atoms with Gasteiger partial charge in [-0.05, 0) is 35.9 Å². The van der Waals surface area contributed by atoms with Gasteiger partial charge >= 0.3 is 0 Å². The molecule has 2 aromatic rings. The third-order valence-corrected chi connectivity index (χ3v) is 3.54. The molecule has 2 rings (SSSR count). The van der Waals surface area contributed by atoms with Crippen LogP contribution in [0.2, 0.25) is 0 Å². The van der Waals surface area contributed by atoms with Gasteiger partial charge < -0.3 is 9.84 Å². The minimum Gasteiger partial charge on any atom is -0.504 e. The third kappa shape index (κ3) is 4.78. The van der Waals surface area contributed by atoms with E-state index in [4.69, 9.17) is 4.74 Å².